The van der Waals surface area contributed by atoms with Gasteiger partial charge in [0.15, 0.2) is 0 Å². The number of aromatic nitrogens is 1. The van der Waals surface area contributed by atoms with Crippen LogP contribution in [0.3, 0.4) is 0 Å². The molecule has 0 unspecified atom stereocenters. The third-order valence-corrected chi connectivity index (χ3v) is 6.49. The van der Waals surface area contributed by atoms with Gasteiger partial charge in [0.2, 0.25) is 16.8 Å². The number of thiol groups is 1. The second-order valence-electron chi connectivity index (χ2n) is 7.18. The highest BCUT2D eigenvalue weighted by Gasteiger charge is 2.41. The number of ether oxygens (including phenoxy) is 1. The summed E-state index contributed by atoms with van der Waals surface area (Å²) in [5.74, 6) is -2.35. The second kappa shape index (κ2) is 9.28. The Bertz CT molecular complexity index is 845. The standard InChI is InChI=1S/C19H24F2N2O3S2/c1-13-11-22-18(27-13)15-2-4-17(5-3-15)26-12-16-10-19(20,21)8-6-14(16)7-9-23-28(24)25/h2-5,11,14,16,28H,6-10,12H2,1H3,(H,23,24,25)/t14-,16-/m0/s1. The fraction of sp³-hybridized carbons (Fsp3) is 0.526. The number of alkyl halides is 2. The molecule has 1 N–H and O–H groups in total. The quantitative estimate of drug-likeness (QED) is 0.620. The molecule has 2 atom stereocenters. The van der Waals surface area contributed by atoms with Gasteiger partial charge in [-0.25, -0.2) is 26.9 Å². The lowest BCUT2D eigenvalue weighted by atomic mass is 9.76. The average Bonchev–Trinajstić information content (AvgIpc) is 3.08. The summed E-state index contributed by atoms with van der Waals surface area (Å²) in [4.78, 5) is 5.48. The molecular weight excluding hydrogens is 406 g/mol. The van der Waals surface area contributed by atoms with Gasteiger partial charge in [-0.15, -0.1) is 11.3 Å². The van der Waals surface area contributed by atoms with Gasteiger partial charge in [-0.3, -0.25) is 0 Å². The highest BCUT2D eigenvalue weighted by molar-refractivity contribution is 7.70. The molecule has 2 aromatic rings. The topological polar surface area (TPSA) is 68.3 Å². The van der Waals surface area contributed by atoms with Crippen LogP contribution in [0.25, 0.3) is 10.6 Å². The molecule has 0 aliphatic heterocycles. The summed E-state index contributed by atoms with van der Waals surface area (Å²) in [5, 5.41) is 0.931. The maximum absolute atomic E-state index is 13.9. The largest absolute Gasteiger partial charge is 0.493 e. The molecule has 1 heterocycles. The van der Waals surface area contributed by atoms with Crippen LogP contribution in [0.2, 0.25) is 0 Å². The van der Waals surface area contributed by atoms with Crippen LogP contribution in [0.4, 0.5) is 8.78 Å². The summed E-state index contributed by atoms with van der Waals surface area (Å²) in [6.07, 6.45) is 2.36. The summed E-state index contributed by atoms with van der Waals surface area (Å²) in [5.41, 5.74) is 0.991. The van der Waals surface area contributed by atoms with Crippen molar-refractivity contribution in [3.8, 4) is 16.3 Å². The van der Waals surface area contributed by atoms with Crippen LogP contribution in [0.1, 0.15) is 30.6 Å². The zero-order valence-electron chi connectivity index (χ0n) is 15.6. The van der Waals surface area contributed by atoms with Crippen molar-refractivity contribution >= 4 is 22.2 Å². The third kappa shape index (κ3) is 5.96. The maximum atomic E-state index is 13.9. The maximum Gasteiger partial charge on any atom is 0.248 e. The van der Waals surface area contributed by atoms with E-state index in [-0.39, 0.29) is 37.8 Å². The van der Waals surface area contributed by atoms with Crippen molar-refractivity contribution in [2.24, 2.45) is 11.8 Å². The van der Waals surface area contributed by atoms with E-state index in [0.717, 1.165) is 15.4 Å². The van der Waals surface area contributed by atoms with Gasteiger partial charge in [-0.05, 0) is 49.9 Å². The summed E-state index contributed by atoms with van der Waals surface area (Å²) in [6, 6.07) is 7.47. The number of nitrogens with one attached hydrogen (secondary N) is 1. The fourth-order valence-electron chi connectivity index (χ4n) is 3.59. The predicted octanol–water partition coefficient (Wildman–Crippen LogP) is 4.06. The van der Waals surface area contributed by atoms with Crippen molar-refractivity contribution < 1.29 is 21.9 Å². The average molecular weight is 431 g/mol. The molecule has 5 nitrogen and oxygen atoms in total. The molecule has 0 amide bonds. The number of aryl methyl sites for hydroxylation is 1. The highest BCUT2D eigenvalue weighted by atomic mass is 32.2. The van der Waals surface area contributed by atoms with Crippen LogP contribution in [0.15, 0.2) is 30.5 Å². The van der Waals surface area contributed by atoms with Gasteiger partial charge in [0.1, 0.15) is 10.8 Å². The van der Waals surface area contributed by atoms with E-state index >= 15 is 0 Å². The molecule has 1 aromatic heterocycles. The van der Waals surface area contributed by atoms with Crippen LogP contribution in [0, 0.1) is 18.8 Å². The minimum atomic E-state index is -2.69. The number of hydrogen-bond donors (Lipinski definition) is 2. The smallest absolute Gasteiger partial charge is 0.248 e. The van der Waals surface area contributed by atoms with Gasteiger partial charge in [0, 0.05) is 41.9 Å². The number of thiazole rings is 1. The number of benzene rings is 1. The first kappa shape index (κ1) is 21.1. The Morgan fingerprint density at radius 3 is 2.68 bits per heavy atom. The van der Waals surface area contributed by atoms with E-state index in [1.54, 1.807) is 11.3 Å². The number of halogens is 2. The first-order valence-corrected chi connectivity index (χ1v) is 11.2. The lowest BCUT2D eigenvalue weighted by molar-refractivity contribution is -0.0776. The molecule has 28 heavy (non-hydrogen) atoms. The minimum Gasteiger partial charge on any atom is -0.493 e. The lowest BCUT2D eigenvalue weighted by Crippen LogP contribution is -2.36. The van der Waals surface area contributed by atoms with Crippen LogP contribution >= 0.6 is 11.3 Å². The Balaban J connectivity index is 1.59. The molecule has 154 valence electrons. The van der Waals surface area contributed by atoms with Crippen molar-refractivity contribution in [2.75, 3.05) is 13.2 Å². The number of rotatable bonds is 8. The van der Waals surface area contributed by atoms with Crippen LogP contribution in [-0.4, -0.2) is 32.5 Å². The Labute approximate surface area is 169 Å². The van der Waals surface area contributed by atoms with Crippen molar-refractivity contribution in [3.63, 3.8) is 0 Å². The molecule has 3 rings (SSSR count). The molecule has 1 saturated carbocycles. The van der Waals surface area contributed by atoms with Crippen LogP contribution in [-0.2, 0) is 10.9 Å². The predicted molar refractivity (Wildman–Crippen MR) is 106 cm³/mol. The van der Waals surface area contributed by atoms with E-state index < -0.39 is 16.8 Å². The van der Waals surface area contributed by atoms with Gasteiger partial charge >= 0.3 is 0 Å². The zero-order chi connectivity index (χ0) is 20.1. The third-order valence-electron chi connectivity index (χ3n) is 5.05. The second-order valence-corrected chi connectivity index (χ2v) is 9.25. The number of nitrogens with zero attached hydrogens (tertiary/aromatic N) is 1. The zero-order valence-corrected chi connectivity index (χ0v) is 17.3. The van der Waals surface area contributed by atoms with E-state index in [2.05, 4.69) is 9.71 Å². The summed E-state index contributed by atoms with van der Waals surface area (Å²) < 4.78 is 57.2. The van der Waals surface area contributed by atoms with E-state index in [1.807, 2.05) is 37.4 Å². The number of hydrogen-bond acceptors (Lipinski definition) is 5. The van der Waals surface area contributed by atoms with Gasteiger partial charge < -0.3 is 4.74 Å². The summed E-state index contributed by atoms with van der Waals surface area (Å²) in [7, 11) is -2.66. The molecule has 1 aliphatic carbocycles. The first-order valence-electron chi connectivity index (χ1n) is 9.24. The van der Waals surface area contributed by atoms with E-state index in [1.165, 1.54) is 0 Å². The van der Waals surface area contributed by atoms with E-state index in [4.69, 9.17) is 4.74 Å². The van der Waals surface area contributed by atoms with Gasteiger partial charge in [0.05, 0.1) is 6.61 Å². The van der Waals surface area contributed by atoms with Gasteiger partial charge in [-0.1, -0.05) is 0 Å². The molecule has 1 aliphatic rings. The lowest BCUT2D eigenvalue weighted by Gasteiger charge is -2.36. The Morgan fingerprint density at radius 1 is 1.29 bits per heavy atom. The molecule has 0 spiro atoms. The molecule has 1 aromatic carbocycles. The molecule has 0 saturated heterocycles. The molecule has 0 bridgehead atoms. The monoisotopic (exact) mass is 430 g/mol. The fourth-order valence-corrected chi connectivity index (χ4v) is 4.67. The minimum absolute atomic E-state index is 0.0136. The van der Waals surface area contributed by atoms with Crippen molar-refractivity contribution in [1.29, 1.82) is 0 Å². The Kier molecular flexibility index (Phi) is 7.00. The van der Waals surface area contributed by atoms with Crippen molar-refractivity contribution in [1.82, 2.24) is 9.71 Å². The highest BCUT2D eigenvalue weighted by Crippen LogP contribution is 2.41. The summed E-state index contributed by atoms with van der Waals surface area (Å²) >= 11 is 1.61. The SMILES string of the molecule is Cc1cnc(-c2ccc(OC[C@@H]3CC(F)(F)CC[C@H]3CCN[SH](=O)=O)cc2)s1. The first-order chi connectivity index (χ1) is 13.3. The van der Waals surface area contributed by atoms with E-state index in [9.17, 15) is 17.2 Å². The van der Waals surface area contributed by atoms with Gasteiger partial charge in [-0.2, -0.15) is 0 Å². The Hall–Kier alpha value is -1.58. The molecular formula is C19H24F2N2O3S2. The summed E-state index contributed by atoms with van der Waals surface area (Å²) in [6.45, 7) is 2.46. The van der Waals surface area contributed by atoms with Crippen molar-refractivity contribution in [3.05, 3.63) is 35.3 Å². The van der Waals surface area contributed by atoms with Crippen LogP contribution < -0.4 is 9.46 Å². The molecule has 9 heteroatoms. The van der Waals surface area contributed by atoms with Crippen LogP contribution in [0.5, 0.6) is 5.75 Å². The molecule has 0 radical (unpaired) electrons. The normalized spacial score (nSPS) is 21.7. The van der Waals surface area contributed by atoms with E-state index in [0.29, 0.717) is 18.6 Å². The van der Waals surface area contributed by atoms with Gasteiger partial charge in [0.25, 0.3) is 0 Å². The molecule has 1 fully saturated rings. The Morgan fingerprint density at radius 2 is 2.04 bits per heavy atom. The van der Waals surface area contributed by atoms with Crippen molar-refractivity contribution in [2.45, 2.75) is 38.5 Å².